The molecule has 1 heterocycles. The Balaban J connectivity index is 2.28. The van der Waals surface area contributed by atoms with Gasteiger partial charge in [-0.3, -0.25) is 4.79 Å². The van der Waals surface area contributed by atoms with E-state index in [0.717, 1.165) is 11.3 Å². The number of hydrogen-bond donors (Lipinski definition) is 3. The van der Waals surface area contributed by atoms with E-state index in [2.05, 4.69) is 4.98 Å². The number of nitrogens with one attached hydrogen (secondary N) is 1. The average Bonchev–Trinajstić information content (AvgIpc) is 2.81. The van der Waals surface area contributed by atoms with Crippen molar-refractivity contribution in [1.82, 2.24) is 9.71 Å². The summed E-state index contributed by atoms with van der Waals surface area (Å²) in [5.41, 5.74) is 5.91. The Morgan fingerprint density at radius 3 is 2.70 bits per heavy atom. The molecule has 4 N–H and O–H groups in total. The summed E-state index contributed by atoms with van der Waals surface area (Å²) in [6.07, 6.45) is -1.15. The first-order valence-electron chi connectivity index (χ1n) is 5.67. The number of sulfonamides is 1. The van der Waals surface area contributed by atoms with Crippen molar-refractivity contribution < 1.29 is 18.3 Å². The molecule has 0 unspecified atom stereocenters. The van der Waals surface area contributed by atoms with Crippen molar-refractivity contribution in [2.24, 2.45) is 5.73 Å². The second-order valence-corrected chi connectivity index (χ2v) is 7.07. The van der Waals surface area contributed by atoms with Gasteiger partial charge >= 0.3 is 0 Å². The lowest BCUT2D eigenvalue weighted by molar-refractivity contribution is -0.122. The number of aliphatic hydroxyl groups is 1. The number of amides is 1. The molecule has 2 aromatic rings. The Kier molecular flexibility index (Phi) is 4.04. The molecule has 1 amide bonds. The van der Waals surface area contributed by atoms with Crippen molar-refractivity contribution in [2.75, 3.05) is 0 Å². The molecule has 0 bridgehead atoms. The van der Waals surface area contributed by atoms with Gasteiger partial charge < -0.3 is 10.8 Å². The number of nitrogens with two attached hydrogens (primary N) is 1. The molecule has 7 nitrogen and oxygen atoms in total. The van der Waals surface area contributed by atoms with Crippen LogP contribution in [0, 0.1) is 0 Å². The van der Waals surface area contributed by atoms with Crippen molar-refractivity contribution in [1.29, 1.82) is 0 Å². The molecule has 0 saturated carbocycles. The van der Waals surface area contributed by atoms with Crippen LogP contribution in [0.4, 0.5) is 0 Å². The third-order valence-electron chi connectivity index (χ3n) is 2.56. The summed E-state index contributed by atoms with van der Waals surface area (Å²) in [6.45, 7) is 1.30. The highest BCUT2D eigenvalue weighted by Crippen LogP contribution is 2.24. The van der Waals surface area contributed by atoms with E-state index in [4.69, 9.17) is 5.73 Å². The predicted octanol–water partition coefficient (Wildman–Crippen LogP) is -0.191. The molecule has 2 rings (SSSR count). The number of nitrogens with zero attached hydrogens (tertiary/aromatic N) is 1. The Morgan fingerprint density at radius 1 is 1.45 bits per heavy atom. The zero-order valence-electron chi connectivity index (χ0n) is 10.5. The Bertz CT molecular complexity index is 706. The molecule has 9 heteroatoms. The summed E-state index contributed by atoms with van der Waals surface area (Å²) in [5.74, 6) is -0.973. The van der Waals surface area contributed by atoms with Gasteiger partial charge in [-0.15, -0.1) is 11.3 Å². The average molecular weight is 315 g/mol. The van der Waals surface area contributed by atoms with Crippen molar-refractivity contribution in [3.05, 3.63) is 24.3 Å². The molecule has 1 aromatic heterocycles. The maximum atomic E-state index is 12.0. The number of fused-ring (bicyclic) bond motifs is 1. The van der Waals surface area contributed by atoms with Gasteiger partial charge in [0.1, 0.15) is 6.04 Å². The molecule has 0 radical (unpaired) electrons. The van der Waals surface area contributed by atoms with E-state index < -0.39 is 28.1 Å². The number of aromatic nitrogens is 1. The minimum atomic E-state index is -4.08. The second-order valence-electron chi connectivity index (χ2n) is 4.18. The molecule has 2 atom stereocenters. The van der Waals surface area contributed by atoms with Crippen LogP contribution in [0.15, 0.2) is 28.6 Å². The molecule has 0 spiro atoms. The van der Waals surface area contributed by atoms with Crippen LogP contribution >= 0.6 is 11.3 Å². The van der Waals surface area contributed by atoms with Crippen molar-refractivity contribution >= 4 is 37.5 Å². The topological polar surface area (TPSA) is 122 Å². The van der Waals surface area contributed by atoms with E-state index in [9.17, 15) is 18.3 Å². The summed E-state index contributed by atoms with van der Waals surface area (Å²) in [7, 11) is -4.08. The lowest BCUT2D eigenvalue weighted by Gasteiger charge is -2.13. The van der Waals surface area contributed by atoms with Gasteiger partial charge in [0, 0.05) is 0 Å². The number of aliphatic hydroxyl groups excluding tert-OH is 1. The summed E-state index contributed by atoms with van der Waals surface area (Å²) in [6, 6.07) is 5.59. The normalized spacial score (nSPS) is 14.9. The molecule has 108 valence electrons. The fraction of sp³-hybridized carbons (Fsp3) is 0.273. The van der Waals surface area contributed by atoms with E-state index in [1.807, 2.05) is 4.72 Å². The van der Waals surface area contributed by atoms with Gasteiger partial charge in [-0.25, -0.2) is 9.71 Å². The fourth-order valence-corrected chi connectivity index (χ4v) is 3.67. The number of rotatable bonds is 4. The number of carbonyl (C=O) groups is 1. The van der Waals surface area contributed by atoms with Gasteiger partial charge in [0.25, 0.3) is 15.9 Å². The molecule has 0 aliphatic rings. The van der Waals surface area contributed by atoms with E-state index in [1.54, 1.807) is 24.3 Å². The summed E-state index contributed by atoms with van der Waals surface area (Å²) in [4.78, 5) is 15.5. The number of thiazole rings is 1. The van der Waals surface area contributed by atoms with Crippen LogP contribution < -0.4 is 10.5 Å². The van der Waals surface area contributed by atoms with Crippen molar-refractivity contribution in [3.63, 3.8) is 0 Å². The maximum absolute atomic E-state index is 12.0. The lowest BCUT2D eigenvalue weighted by atomic mass is 10.2. The highest BCUT2D eigenvalue weighted by molar-refractivity contribution is 7.92. The Hall–Kier alpha value is -1.55. The number of carbonyl (C=O) groups excluding carboxylic acids is 1. The van der Waals surface area contributed by atoms with Gasteiger partial charge in [0.05, 0.1) is 16.3 Å². The molecule has 0 aliphatic heterocycles. The third-order valence-corrected chi connectivity index (χ3v) is 5.32. The van der Waals surface area contributed by atoms with Crippen LogP contribution in [-0.2, 0) is 14.8 Å². The van der Waals surface area contributed by atoms with E-state index in [-0.39, 0.29) is 4.34 Å². The first-order chi connectivity index (χ1) is 9.31. The highest BCUT2D eigenvalue weighted by atomic mass is 32.2. The first kappa shape index (κ1) is 14.9. The van der Waals surface area contributed by atoms with Gasteiger partial charge in [-0.05, 0) is 19.1 Å². The number of para-hydroxylation sites is 1. The summed E-state index contributed by atoms with van der Waals surface area (Å²) < 4.78 is 26.3. The largest absolute Gasteiger partial charge is 0.391 e. The molecular formula is C11H13N3O4S2. The lowest BCUT2D eigenvalue weighted by Crippen LogP contribution is -2.48. The molecule has 1 aromatic carbocycles. The smallest absolute Gasteiger partial charge is 0.291 e. The van der Waals surface area contributed by atoms with Crippen LogP contribution in [0.3, 0.4) is 0 Å². The minimum Gasteiger partial charge on any atom is -0.391 e. The minimum absolute atomic E-state index is 0.218. The van der Waals surface area contributed by atoms with E-state index in [0.29, 0.717) is 10.2 Å². The maximum Gasteiger partial charge on any atom is 0.291 e. The number of hydrogen-bond acceptors (Lipinski definition) is 7. The van der Waals surface area contributed by atoms with E-state index in [1.165, 1.54) is 6.92 Å². The van der Waals surface area contributed by atoms with Crippen LogP contribution in [0.2, 0.25) is 0 Å². The number of benzene rings is 1. The van der Waals surface area contributed by atoms with Crippen LogP contribution in [-0.4, -0.2) is 36.6 Å². The fourth-order valence-electron chi connectivity index (χ4n) is 1.43. The quantitative estimate of drug-likeness (QED) is 0.718. The van der Waals surface area contributed by atoms with Gasteiger partial charge in [0.15, 0.2) is 0 Å². The van der Waals surface area contributed by atoms with Crippen LogP contribution in [0.5, 0.6) is 0 Å². The van der Waals surface area contributed by atoms with Crippen LogP contribution in [0.1, 0.15) is 6.92 Å². The summed E-state index contributed by atoms with van der Waals surface area (Å²) in [5, 5.41) is 9.18. The summed E-state index contributed by atoms with van der Waals surface area (Å²) >= 11 is 0.949. The zero-order chi connectivity index (χ0) is 14.9. The monoisotopic (exact) mass is 315 g/mol. The highest BCUT2D eigenvalue weighted by Gasteiger charge is 2.27. The zero-order valence-corrected chi connectivity index (χ0v) is 12.1. The van der Waals surface area contributed by atoms with Crippen molar-refractivity contribution in [2.45, 2.75) is 23.4 Å². The van der Waals surface area contributed by atoms with E-state index >= 15 is 0 Å². The first-order valence-corrected chi connectivity index (χ1v) is 7.97. The van der Waals surface area contributed by atoms with Gasteiger partial charge in [0.2, 0.25) is 4.34 Å². The predicted molar refractivity (Wildman–Crippen MR) is 74.6 cm³/mol. The van der Waals surface area contributed by atoms with Gasteiger partial charge in [-0.2, -0.15) is 8.42 Å². The Morgan fingerprint density at radius 2 is 2.10 bits per heavy atom. The Labute approximate surface area is 119 Å². The molecule has 0 aliphatic carbocycles. The second kappa shape index (κ2) is 5.44. The van der Waals surface area contributed by atoms with Crippen LogP contribution in [0.25, 0.3) is 10.2 Å². The molecule has 0 fully saturated rings. The SMILES string of the molecule is C[C@@H](O)[C@H](N)C(=O)NS(=O)(=O)c1nc2ccccc2s1. The third kappa shape index (κ3) is 2.96. The molecular weight excluding hydrogens is 302 g/mol. The molecule has 0 saturated heterocycles. The standard InChI is InChI=1S/C11H13N3O4S2/c1-6(15)9(12)10(16)14-20(17,18)11-13-7-4-2-3-5-8(7)19-11/h2-6,9,15H,12H2,1H3,(H,14,16)/t6-,9+/m1/s1. The van der Waals surface area contributed by atoms with Crippen molar-refractivity contribution in [3.8, 4) is 0 Å². The molecule has 20 heavy (non-hydrogen) atoms. The van der Waals surface area contributed by atoms with Gasteiger partial charge in [-0.1, -0.05) is 12.1 Å².